The summed E-state index contributed by atoms with van der Waals surface area (Å²) in [5.74, 6) is 0. The summed E-state index contributed by atoms with van der Waals surface area (Å²) in [6.07, 6.45) is 8.72. The lowest BCUT2D eigenvalue weighted by Gasteiger charge is -2.22. The lowest BCUT2D eigenvalue weighted by molar-refractivity contribution is -0.0467. The number of hydrogen-bond acceptors (Lipinski definition) is 6. The zero-order valence-electron chi connectivity index (χ0n) is 22.1. The highest BCUT2D eigenvalue weighted by Gasteiger charge is 2.29. The molecule has 2 aromatic rings. The Morgan fingerprint density at radius 2 is 1.17 bits per heavy atom. The number of phosphoric ester groups is 1. The number of ether oxygens (including phenoxy) is 2. The van der Waals surface area contributed by atoms with Gasteiger partial charge < -0.3 is 9.47 Å². The van der Waals surface area contributed by atoms with E-state index in [0.29, 0.717) is 19.8 Å². The van der Waals surface area contributed by atoms with E-state index in [4.69, 9.17) is 23.0 Å². The molecule has 0 N–H and O–H groups in total. The molecular formula is C29H45O6P. The number of hydrogen-bond donors (Lipinski definition) is 0. The quantitative estimate of drug-likeness (QED) is 0.115. The minimum Gasteiger partial charge on any atom is -0.379 e. The molecule has 0 bridgehead atoms. The minimum absolute atomic E-state index is 0.0730. The van der Waals surface area contributed by atoms with Crippen LogP contribution < -0.4 is 0 Å². The van der Waals surface area contributed by atoms with Crippen molar-refractivity contribution in [3.63, 3.8) is 0 Å². The first-order valence-corrected chi connectivity index (χ1v) is 14.9. The van der Waals surface area contributed by atoms with E-state index < -0.39 is 7.82 Å². The van der Waals surface area contributed by atoms with Crippen molar-refractivity contribution in [3.05, 3.63) is 71.8 Å². The van der Waals surface area contributed by atoms with Crippen molar-refractivity contribution in [2.75, 3.05) is 26.4 Å². The van der Waals surface area contributed by atoms with E-state index in [0.717, 1.165) is 36.8 Å². The van der Waals surface area contributed by atoms with Crippen molar-refractivity contribution < 1.29 is 27.6 Å². The van der Waals surface area contributed by atoms with Crippen molar-refractivity contribution in [3.8, 4) is 0 Å². The lowest BCUT2D eigenvalue weighted by atomic mass is 10.2. The Hall–Kier alpha value is -1.53. The smallest absolute Gasteiger partial charge is 0.379 e. The van der Waals surface area contributed by atoms with Crippen LogP contribution in [0.3, 0.4) is 0 Å². The molecule has 2 aromatic carbocycles. The van der Waals surface area contributed by atoms with Crippen LogP contribution in [0.25, 0.3) is 0 Å². The third kappa shape index (κ3) is 14.3. The van der Waals surface area contributed by atoms with Crippen LogP contribution >= 0.6 is 7.82 Å². The molecule has 2 rings (SSSR count). The molecule has 7 heteroatoms. The molecule has 0 amide bonds. The van der Waals surface area contributed by atoms with Crippen LogP contribution in [0.1, 0.15) is 76.3 Å². The third-order valence-corrected chi connectivity index (χ3v) is 7.04. The average Bonchev–Trinajstić information content (AvgIpc) is 2.92. The zero-order valence-corrected chi connectivity index (χ0v) is 23.0. The highest BCUT2D eigenvalue weighted by molar-refractivity contribution is 7.48. The highest BCUT2D eigenvalue weighted by Crippen LogP contribution is 2.51. The van der Waals surface area contributed by atoms with E-state index in [1.54, 1.807) is 0 Å². The van der Waals surface area contributed by atoms with E-state index >= 15 is 0 Å². The summed E-state index contributed by atoms with van der Waals surface area (Å²) >= 11 is 0. The largest absolute Gasteiger partial charge is 0.475 e. The molecule has 36 heavy (non-hydrogen) atoms. The first kappa shape index (κ1) is 30.7. The van der Waals surface area contributed by atoms with E-state index in [-0.39, 0.29) is 25.9 Å². The van der Waals surface area contributed by atoms with Crippen LogP contribution in [0.4, 0.5) is 0 Å². The molecule has 1 unspecified atom stereocenters. The van der Waals surface area contributed by atoms with Gasteiger partial charge in [-0.2, -0.15) is 0 Å². The third-order valence-electron chi connectivity index (χ3n) is 5.68. The van der Waals surface area contributed by atoms with Crippen molar-refractivity contribution in [1.29, 1.82) is 0 Å². The van der Waals surface area contributed by atoms with Gasteiger partial charge in [-0.3, -0.25) is 13.6 Å². The van der Waals surface area contributed by atoms with Gasteiger partial charge in [0.25, 0.3) is 0 Å². The Balaban J connectivity index is 1.94. The fourth-order valence-electron chi connectivity index (χ4n) is 3.51. The number of benzene rings is 2. The van der Waals surface area contributed by atoms with Gasteiger partial charge in [0.15, 0.2) is 0 Å². The second kappa shape index (κ2) is 19.6. The molecule has 0 aliphatic heterocycles. The van der Waals surface area contributed by atoms with E-state index in [9.17, 15) is 4.57 Å². The fourth-order valence-corrected chi connectivity index (χ4v) is 4.70. The normalized spacial score (nSPS) is 12.6. The van der Waals surface area contributed by atoms with Gasteiger partial charge in [-0.25, -0.2) is 4.57 Å². The van der Waals surface area contributed by atoms with Crippen LogP contribution in [-0.2, 0) is 40.8 Å². The molecule has 0 spiro atoms. The number of phosphoric acid groups is 1. The highest BCUT2D eigenvalue weighted by atomic mass is 31.2. The van der Waals surface area contributed by atoms with E-state index in [2.05, 4.69) is 13.8 Å². The van der Waals surface area contributed by atoms with Crippen molar-refractivity contribution in [1.82, 2.24) is 0 Å². The van der Waals surface area contributed by atoms with Gasteiger partial charge in [0, 0.05) is 13.2 Å². The lowest BCUT2D eigenvalue weighted by Crippen LogP contribution is -2.26. The maximum atomic E-state index is 13.6. The molecule has 0 aliphatic carbocycles. The summed E-state index contributed by atoms with van der Waals surface area (Å²) in [6, 6.07) is 19.2. The topological polar surface area (TPSA) is 63.2 Å². The zero-order chi connectivity index (χ0) is 25.7. The van der Waals surface area contributed by atoms with E-state index in [1.165, 1.54) is 25.7 Å². The Morgan fingerprint density at radius 3 is 1.69 bits per heavy atom. The summed E-state index contributed by atoms with van der Waals surface area (Å²) in [6.45, 7) is 6.40. The Morgan fingerprint density at radius 1 is 0.639 bits per heavy atom. The van der Waals surface area contributed by atoms with Crippen LogP contribution in [0, 0.1) is 0 Å². The first-order chi connectivity index (χ1) is 17.6. The average molecular weight is 521 g/mol. The van der Waals surface area contributed by atoms with Crippen molar-refractivity contribution in [2.24, 2.45) is 0 Å². The van der Waals surface area contributed by atoms with Crippen LogP contribution in [0.15, 0.2) is 60.7 Å². The molecule has 0 aliphatic rings. The molecule has 0 aromatic heterocycles. The second-order valence-corrected chi connectivity index (χ2v) is 10.6. The van der Waals surface area contributed by atoms with Gasteiger partial charge in [-0.1, -0.05) is 113 Å². The second-order valence-electron chi connectivity index (χ2n) is 8.95. The van der Waals surface area contributed by atoms with Gasteiger partial charge >= 0.3 is 7.82 Å². The number of rotatable bonds is 22. The molecular weight excluding hydrogens is 475 g/mol. The molecule has 0 saturated carbocycles. The minimum atomic E-state index is -3.84. The molecule has 6 nitrogen and oxygen atoms in total. The summed E-state index contributed by atoms with van der Waals surface area (Å²) in [4.78, 5) is 0. The van der Waals surface area contributed by atoms with Crippen LogP contribution in [-0.4, -0.2) is 32.5 Å². The van der Waals surface area contributed by atoms with Gasteiger partial charge in [0.1, 0.15) is 6.10 Å². The summed E-state index contributed by atoms with van der Waals surface area (Å²) < 4.78 is 42.8. The number of unbranched alkanes of at least 4 members (excludes halogenated alkanes) is 6. The SMILES string of the molecule is CCCCCCOCC(COP(=O)(OCc1ccccc1)OCc1ccccc1)OCCCCCC. The predicted molar refractivity (Wildman–Crippen MR) is 145 cm³/mol. The van der Waals surface area contributed by atoms with Crippen molar-refractivity contribution in [2.45, 2.75) is 84.5 Å². The Kier molecular flexibility index (Phi) is 16.7. The van der Waals surface area contributed by atoms with Crippen LogP contribution in [0.5, 0.6) is 0 Å². The maximum Gasteiger partial charge on any atom is 0.475 e. The van der Waals surface area contributed by atoms with Gasteiger partial charge in [-0.05, 0) is 24.0 Å². The Bertz CT molecular complexity index is 770. The molecule has 0 saturated heterocycles. The molecule has 202 valence electrons. The van der Waals surface area contributed by atoms with Gasteiger partial charge in [0.2, 0.25) is 0 Å². The summed E-state index contributed by atoms with van der Waals surface area (Å²) in [5.41, 5.74) is 1.78. The Labute approximate surface area is 218 Å². The van der Waals surface area contributed by atoms with Crippen LogP contribution in [0.2, 0.25) is 0 Å². The predicted octanol–water partition coefficient (Wildman–Crippen LogP) is 8.11. The molecule has 0 fully saturated rings. The summed E-state index contributed by atoms with van der Waals surface area (Å²) in [5, 5.41) is 0. The van der Waals surface area contributed by atoms with E-state index in [1.807, 2.05) is 60.7 Å². The first-order valence-electron chi connectivity index (χ1n) is 13.5. The van der Waals surface area contributed by atoms with Crippen molar-refractivity contribution >= 4 is 7.82 Å². The monoisotopic (exact) mass is 520 g/mol. The van der Waals surface area contributed by atoms with Gasteiger partial charge in [-0.15, -0.1) is 0 Å². The fraction of sp³-hybridized carbons (Fsp3) is 0.586. The molecule has 0 heterocycles. The maximum absolute atomic E-state index is 13.6. The molecule has 0 radical (unpaired) electrons. The van der Waals surface area contributed by atoms with Gasteiger partial charge in [0.05, 0.1) is 26.4 Å². The standard InChI is InChI=1S/C29H45O6P/c1-3-5-7-15-21-31-25-29(32-22-16-8-6-4-2)26-35-36(30,33-23-27-17-11-9-12-18-27)34-24-28-19-13-10-14-20-28/h9-14,17-20,29H,3-8,15-16,21-26H2,1-2H3. The molecule has 1 atom stereocenters. The summed E-state index contributed by atoms with van der Waals surface area (Å²) in [7, 11) is -3.84.